The van der Waals surface area contributed by atoms with E-state index in [4.69, 9.17) is 15.2 Å². The Balaban J connectivity index is 2.32. The Hall–Kier alpha value is -1.22. The summed E-state index contributed by atoms with van der Waals surface area (Å²) in [6, 6.07) is 4.40. The highest BCUT2D eigenvalue weighted by Gasteiger charge is 2.22. The van der Waals surface area contributed by atoms with E-state index in [0.29, 0.717) is 12.5 Å². The zero-order valence-corrected chi connectivity index (χ0v) is 13.7. The summed E-state index contributed by atoms with van der Waals surface area (Å²) in [5, 5.41) is 0. The molecule has 2 atom stereocenters. The van der Waals surface area contributed by atoms with Gasteiger partial charge in [-0.1, -0.05) is 20.8 Å². The van der Waals surface area contributed by atoms with Crippen molar-refractivity contribution in [1.29, 1.82) is 0 Å². The smallest absolute Gasteiger partial charge is 0.161 e. The summed E-state index contributed by atoms with van der Waals surface area (Å²) in [7, 11) is 0. The number of benzene rings is 1. The highest BCUT2D eigenvalue weighted by molar-refractivity contribution is 5.49. The van der Waals surface area contributed by atoms with Crippen molar-refractivity contribution >= 4 is 0 Å². The van der Waals surface area contributed by atoms with Crippen molar-refractivity contribution in [3.63, 3.8) is 0 Å². The molecule has 1 aromatic carbocycles. The van der Waals surface area contributed by atoms with Gasteiger partial charge in [-0.05, 0) is 61.3 Å². The molecule has 21 heavy (non-hydrogen) atoms. The molecular formula is C18H29NO2. The largest absolute Gasteiger partial charge is 0.490 e. The van der Waals surface area contributed by atoms with Gasteiger partial charge in [-0.25, -0.2) is 0 Å². The molecule has 0 spiro atoms. The molecule has 0 amide bonds. The quantitative estimate of drug-likeness (QED) is 0.797. The van der Waals surface area contributed by atoms with Gasteiger partial charge in [-0.2, -0.15) is 0 Å². The van der Waals surface area contributed by atoms with Crippen LogP contribution in [0.15, 0.2) is 12.1 Å². The maximum absolute atomic E-state index is 6.39. The number of aryl methyl sites for hydroxylation is 1. The molecule has 0 radical (unpaired) electrons. The molecule has 2 rings (SSSR count). The molecule has 1 aliphatic rings. The second kappa shape index (κ2) is 7.69. The van der Waals surface area contributed by atoms with Gasteiger partial charge in [0.2, 0.25) is 0 Å². The van der Waals surface area contributed by atoms with Crippen LogP contribution in [0.1, 0.15) is 63.6 Å². The van der Waals surface area contributed by atoms with Crippen molar-refractivity contribution in [1.82, 2.24) is 0 Å². The van der Waals surface area contributed by atoms with Crippen molar-refractivity contribution in [3.8, 4) is 11.5 Å². The first kappa shape index (κ1) is 16.2. The third-order valence-corrected chi connectivity index (χ3v) is 4.09. The van der Waals surface area contributed by atoms with Crippen molar-refractivity contribution in [3.05, 3.63) is 23.3 Å². The van der Waals surface area contributed by atoms with Gasteiger partial charge >= 0.3 is 0 Å². The highest BCUT2D eigenvalue weighted by atomic mass is 16.5. The van der Waals surface area contributed by atoms with E-state index in [2.05, 4.69) is 32.9 Å². The molecule has 3 nitrogen and oxygen atoms in total. The first-order valence-corrected chi connectivity index (χ1v) is 8.33. The first-order chi connectivity index (χ1) is 10.2. The van der Waals surface area contributed by atoms with Crippen LogP contribution in [0.4, 0.5) is 0 Å². The minimum atomic E-state index is 0.113. The molecule has 1 aromatic rings. The number of hydrogen-bond donors (Lipinski definition) is 1. The molecule has 2 unspecified atom stereocenters. The summed E-state index contributed by atoms with van der Waals surface area (Å²) < 4.78 is 11.8. The monoisotopic (exact) mass is 291 g/mol. The van der Waals surface area contributed by atoms with Gasteiger partial charge < -0.3 is 15.2 Å². The summed E-state index contributed by atoms with van der Waals surface area (Å²) in [5.74, 6) is 2.41. The van der Waals surface area contributed by atoms with Crippen LogP contribution in [0.3, 0.4) is 0 Å². The third-order valence-electron chi connectivity index (χ3n) is 4.09. The van der Waals surface area contributed by atoms with Gasteiger partial charge in [-0.3, -0.25) is 0 Å². The standard InChI is InChI=1S/C18H29NO2/c1-4-8-20-17-11-14-7-6-13(3)10-16(19)15(14)12-18(17)21-9-5-2/h11-13,16H,4-10,19H2,1-3H3. The van der Waals surface area contributed by atoms with Gasteiger partial charge in [0.15, 0.2) is 11.5 Å². The minimum absolute atomic E-state index is 0.113. The van der Waals surface area contributed by atoms with Gasteiger partial charge in [0.05, 0.1) is 13.2 Å². The van der Waals surface area contributed by atoms with Crippen LogP contribution in [0.25, 0.3) is 0 Å². The van der Waals surface area contributed by atoms with Gasteiger partial charge in [0, 0.05) is 6.04 Å². The summed E-state index contributed by atoms with van der Waals surface area (Å²) in [4.78, 5) is 0. The second-order valence-corrected chi connectivity index (χ2v) is 6.18. The van der Waals surface area contributed by atoms with E-state index in [1.165, 1.54) is 17.5 Å². The van der Waals surface area contributed by atoms with Gasteiger partial charge in [-0.15, -0.1) is 0 Å². The van der Waals surface area contributed by atoms with E-state index in [9.17, 15) is 0 Å². The van der Waals surface area contributed by atoms with Crippen molar-refractivity contribution in [2.24, 2.45) is 11.7 Å². The van der Waals surface area contributed by atoms with Crippen molar-refractivity contribution < 1.29 is 9.47 Å². The Morgan fingerprint density at radius 2 is 1.71 bits per heavy atom. The van der Waals surface area contributed by atoms with Crippen LogP contribution in [-0.2, 0) is 6.42 Å². The lowest BCUT2D eigenvalue weighted by Crippen LogP contribution is -2.13. The topological polar surface area (TPSA) is 44.5 Å². The molecule has 0 fully saturated rings. The SMILES string of the molecule is CCCOc1cc2c(cc1OCCC)C(N)CC(C)CC2. The molecule has 0 bridgehead atoms. The summed E-state index contributed by atoms with van der Waals surface area (Å²) in [6.07, 6.45) is 5.33. The lowest BCUT2D eigenvalue weighted by Gasteiger charge is -2.19. The Morgan fingerprint density at radius 1 is 1.10 bits per heavy atom. The fourth-order valence-corrected chi connectivity index (χ4v) is 2.91. The van der Waals surface area contributed by atoms with Crippen LogP contribution in [0.2, 0.25) is 0 Å². The van der Waals surface area contributed by atoms with Crippen LogP contribution in [-0.4, -0.2) is 13.2 Å². The molecule has 0 aromatic heterocycles. The number of rotatable bonds is 6. The molecule has 1 aliphatic carbocycles. The molecule has 118 valence electrons. The second-order valence-electron chi connectivity index (χ2n) is 6.18. The maximum Gasteiger partial charge on any atom is 0.161 e. The van der Waals surface area contributed by atoms with Crippen LogP contribution < -0.4 is 15.2 Å². The summed E-state index contributed by atoms with van der Waals surface area (Å²) in [6.45, 7) is 7.96. The van der Waals surface area contributed by atoms with Crippen LogP contribution in [0, 0.1) is 5.92 Å². The number of ether oxygens (including phenoxy) is 2. The molecule has 0 saturated carbocycles. The number of hydrogen-bond acceptors (Lipinski definition) is 3. The zero-order valence-electron chi connectivity index (χ0n) is 13.7. The highest BCUT2D eigenvalue weighted by Crippen LogP contribution is 2.38. The lowest BCUT2D eigenvalue weighted by atomic mass is 9.97. The predicted molar refractivity (Wildman–Crippen MR) is 87.0 cm³/mol. The Labute approximate surface area is 128 Å². The molecule has 0 heterocycles. The third kappa shape index (κ3) is 4.13. The summed E-state index contributed by atoms with van der Waals surface area (Å²) >= 11 is 0. The Morgan fingerprint density at radius 3 is 2.33 bits per heavy atom. The molecule has 3 heteroatoms. The number of nitrogens with two attached hydrogens (primary N) is 1. The average molecular weight is 291 g/mol. The average Bonchev–Trinajstić information content (AvgIpc) is 2.61. The first-order valence-electron chi connectivity index (χ1n) is 8.33. The van der Waals surface area contributed by atoms with E-state index in [1.54, 1.807) is 0 Å². The van der Waals surface area contributed by atoms with Crippen molar-refractivity contribution in [2.75, 3.05) is 13.2 Å². The lowest BCUT2D eigenvalue weighted by molar-refractivity contribution is 0.267. The van der Waals surface area contributed by atoms with E-state index >= 15 is 0 Å². The molecule has 0 saturated heterocycles. The van der Waals surface area contributed by atoms with Gasteiger partial charge in [0.1, 0.15) is 0 Å². The van der Waals surface area contributed by atoms with Gasteiger partial charge in [0.25, 0.3) is 0 Å². The normalized spacial score (nSPS) is 21.5. The predicted octanol–water partition coefficient (Wildman–Crippen LogP) is 4.24. The Kier molecular flexibility index (Phi) is 5.92. The minimum Gasteiger partial charge on any atom is -0.490 e. The van der Waals surface area contributed by atoms with E-state index in [0.717, 1.165) is 43.8 Å². The molecule has 0 aliphatic heterocycles. The van der Waals surface area contributed by atoms with Crippen LogP contribution in [0.5, 0.6) is 11.5 Å². The molecular weight excluding hydrogens is 262 g/mol. The Bertz CT molecular complexity index is 459. The fourth-order valence-electron chi connectivity index (χ4n) is 2.91. The van der Waals surface area contributed by atoms with E-state index in [1.807, 2.05) is 0 Å². The van der Waals surface area contributed by atoms with Crippen LogP contribution >= 0.6 is 0 Å². The van der Waals surface area contributed by atoms with Crippen molar-refractivity contribution in [2.45, 2.75) is 58.9 Å². The van der Waals surface area contributed by atoms with E-state index in [-0.39, 0.29) is 6.04 Å². The number of fused-ring (bicyclic) bond motifs is 1. The van der Waals surface area contributed by atoms with E-state index < -0.39 is 0 Å². The zero-order chi connectivity index (χ0) is 15.2. The fraction of sp³-hybridized carbons (Fsp3) is 0.667. The maximum atomic E-state index is 6.39. The molecule has 2 N–H and O–H groups in total. The summed E-state index contributed by atoms with van der Waals surface area (Å²) in [5.41, 5.74) is 8.97.